The summed E-state index contributed by atoms with van der Waals surface area (Å²) in [6.07, 6.45) is 3.12. The molecule has 1 amide bonds. The molecular formula is C19H20N4O3. The topological polar surface area (TPSA) is 90.0 Å². The Balaban J connectivity index is 1.74. The van der Waals surface area contributed by atoms with Crippen molar-refractivity contribution in [1.29, 1.82) is 0 Å². The number of carbonyl (C=O) groups is 1. The Morgan fingerprint density at radius 2 is 1.85 bits per heavy atom. The SMILES string of the molecule is CCc1ccc(NC(=O)Cn2cc(-c3nnc(CC)o3)ccc2=O)cc1. The molecule has 7 nitrogen and oxygen atoms in total. The van der Waals surface area contributed by atoms with Gasteiger partial charge in [0.2, 0.25) is 17.7 Å². The Kier molecular flexibility index (Phi) is 5.26. The van der Waals surface area contributed by atoms with Gasteiger partial charge >= 0.3 is 0 Å². The van der Waals surface area contributed by atoms with E-state index in [1.165, 1.54) is 16.2 Å². The Bertz CT molecular complexity index is 957. The number of nitrogens with one attached hydrogen (secondary N) is 1. The molecule has 0 fully saturated rings. The maximum Gasteiger partial charge on any atom is 0.251 e. The van der Waals surface area contributed by atoms with Gasteiger partial charge in [-0.1, -0.05) is 26.0 Å². The Labute approximate surface area is 150 Å². The molecule has 0 radical (unpaired) electrons. The summed E-state index contributed by atoms with van der Waals surface area (Å²) in [7, 11) is 0. The highest BCUT2D eigenvalue weighted by atomic mass is 16.4. The fourth-order valence-electron chi connectivity index (χ4n) is 2.47. The standard InChI is InChI=1S/C19H20N4O3/c1-3-13-5-8-15(9-6-13)20-16(24)12-23-11-14(7-10-18(23)25)19-22-21-17(4-2)26-19/h5-11H,3-4,12H2,1-2H3,(H,20,24). The van der Waals surface area contributed by atoms with Crippen molar-refractivity contribution < 1.29 is 9.21 Å². The van der Waals surface area contributed by atoms with E-state index < -0.39 is 0 Å². The molecule has 134 valence electrons. The maximum atomic E-state index is 12.3. The van der Waals surface area contributed by atoms with E-state index in [4.69, 9.17) is 4.42 Å². The number of nitrogens with zero attached hydrogens (tertiary/aromatic N) is 3. The summed E-state index contributed by atoms with van der Waals surface area (Å²) in [6.45, 7) is 3.88. The predicted molar refractivity (Wildman–Crippen MR) is 97.8 cm³/mol. The first-order valence-electron chi connectivity index (χ1n) is 8.51. The fourth-order valence-corrected chi connectivity index (χ4v) is 2.47. The molecule has 0 saturated heterocycles. The lowest BCUT2D eigenvalue weighted by Crippen LogP contribution is -2.26. The first kappa shape index (κ1) is 17.6. The second-order valence-corrected chi connectivity index (χ2v) is 5.84. The number of hydrogen-bond donors (Lipinski definition) is 1. The van der Waals surface area contributed by atoms with Crippen LogP contribution in [0.1, 0.15) is 25.3 Å². The molecule has 0 atom stereocenters. The van der Waals surface area contributed by atoms with E-state index >= 15 is 0 Å². The minimum absolute atomic E-state index is 0.100. The molecule has 0 aliphatic heterocycles. The zero-order valence-corrected chi connectivity index (χ0v) is 14.7. The van der Waals surface area contributed by atoms with Crippen molar-refractivity contribution in [3.05, 3.63) is 64.4 Å². The van der Waals surface area contributed by atoms with Crippen LogP contribution in [0.25, 0.3) is 11.5 Å². The average Bonchev–Trinajstić information content (AvgIpc) is 3.13. The highest BCUT2D eigenvalue weighted by Crippen LogP contribution is 2.16. The summed E-state index contributed by atoms with van der Waals surface area (Å²) >= 11 is 0. The minimum Gasteiger partial charge on any atom is -0.421 e. The van der Waals surface area contributed by atoms with Crippen molar-refractivity contribution in [2.45, 2.75) is 33.2 Å². The molecule has 7 heteroatoms. The molecule has 26 heavy (non-hydrogen) atoms. The molecule has 0 unspecified atom stereocenters. The van der Waals surface area contributed by atoms with Gasteiger partial charge in [0.15, 0.2) is 0 Å². The molecule has 2 heterocycles. The van der Waals surface area contributed by atoms with Crippen LogP contribution in [-0.4, -0.2) is 20.7 Å². The van der Waals surface area contributed by atoms with Gasteiger partial charge in [0.1, 0.15) is 6.54 Å². The molecular weight excluding hydrogens is 332 g/mol. The molecule has 3 aromatic rings. The van der Waals surface area contributed by atoms with E-state index in [1.54, 1.807) is 12.3 Å². The van der Waals surface area contributed by atoms with Gasteiger partial charge in [0.25, 0.3) is 5.56 Å². The van der Waals surface area contributed by atoms with Gasteiger partial charge in [-0.3, -0.25) is 9.59 Å². The zero-order valence-electron chi connectivity index (χ0n) is 14.7. The number of benzene rings is 1. The van der Waals surface area contributed by atoms with Crippen molar-refractivity contribution in [2.75, 3.05) is 5.32 Å². The van der Waals surface area contributed by atoms with E-state index in [2.05, 4.69) is 22.4 Å². The number of anilines is 1. The van der Waals surface area contributed by atoms with E-state index in [0.717, 1.165) is 6.42 Å². The number of rotatable bonds is 6. The number of pyridine rings is 1. The quantitative estimate of drug-likeness (QED) is 0.736. The lowest BCUT2D eigenvalue weighted by Gasteiger charge is -2.08. The first-order valence-corrected chi connectivity index (χ1v) is 8.51. The van der Waals surface area contributed by atoms with Crippen LogP contribution in [-0.2, 0) is 24.2 Å². The molecule has 3 rings (SSSR count). The number of carbonyl (C=O) groups excluding carboxylic acids is 1. The lowest BCUT2D eigenvalue weighted by atomic mass is 10.1. The summed E-state index contributed by atoms with van der Waals surface area (Å²) < 4.78 is 6.82. The van der Waals surface area contributed by atoms with Gasteiger partial charge in [-0.25, -0.2) is 0 Å². The molecule has 0 aliphatic rings. The number of aryl methyl sites for hydroxylation is 2. The summed E-state index contributed by atoms with van der Waals surface area (Å²) in [6, 6.07) is 10.6. The smallest absolute Gasteiger partial charge is 0.251 e. The van der Waals surface area contributed by atoms with Crippen LogP contribution in [0.2, 0.25) is 0 Å². The van der Waals surface area contributed by atoms with Crippen LogP contribution < -0.4 is 10.9 Å². The number of hydrogen-bond acceptors (Lipinski definition) is 5. The van der Waals surface area contributed by atoms with Crippen molar-refractivity contribution in [1.82, 2.24) is 14.8 Å². The third-order valence-electron chi connectivity index (χ3n) is 3.96. The van der Waals surface area contributed by atoms with Crippen LogP contribution in [0.5, 0.6) is 0 Å². The van der Waals surface area contributed by atoms with Crippen molar-refractivity contribution in [3.8, 4) is 11.5 Å². The van der Waals surface area contributed by atoms with Gasteiger partial charge in [-0.2, -0.15) is 0 Å². The van der Waals surface area contributed by atoms with Gasteiger partial charge < -0.3 is 14.3 Å². The van der Waals surface area contributed by atoms with Gasteiger partial charge in [0, 0.05) is 24.4 Å². The van der Waals surface area contributed by atoms with Crippen LogP contribution in [0.3, 0.4) is 0 Å². The van der Waals surface area contributed by atoms with Crippen LogP contribution >= 0.6 is 0 Å². The molecule has 0 spiro atoms. The third kappa shape index (κ3) is 4.05. The minimum atomic E-state index is -0.284. The Hall–Kier alpha value is -3.22. The molecule has 1 N–H and O–H groups in total. The second-order valence-electron chi connectivity index (χ2n) is 5.84. The largest absolute Gasteiger partial charge is 0.421 e. The highest BCUT2D eigenvalue weighted by molar-refractivity contribution is 5.90. The molecule has 0 aliphatic carbocycles. The normalized spacial score (nSPS) is 10.7. The maximum absolute atomic E-state index is 12.3. The summed E-state index contributed by atoms with van der Waals surface area (Å²) in [5, 5.41) is 10.7. The highest BCUT2D eigenvalue weighted by Gasteiger charge is 2.11. The summed E-state index contributed by atoms with van der Waals surface area (Å²) in [4.78, 5) is 24.3. The van der Waals surface area contributed by atoms with E-state index in [-0.39, 0.29) is 18.0 Å². The third-order valence-corrected chi connectivity index (χ3v) is 3.96. The van der Waals surface area contributed by atoms with Gasteiger partial charge in [-0.05, 0) is 30.2 Å². The number of aromatic nitrogens is 3. The van der Waals surface area contributed by atoms with Gasteiger partial charge in [-0.15, -0.1) is 10.2 Å². The van der Waals surface area contributed by atoms with Crippen molar-refractivity contribution in [3.63, 3.8) is 0 Å². The van der Waals surface area contributed by atoms with E-state index in [0.29, 0.717) is 29.5 Å². The van der Waals surface area contributed by atoms with Crippen LogP contribution in [0, 0.1) is 0 Å². The first-order chi connectivity index (χ1) is 12.6. The Morgan fingerprint density at radius 1 is 1.08 bits per heavy atom. The van der Waals surface area contributed by atoms with Crippen LogP contribution in [0.4, 0.5) is 5.69 Å². The predicted octanol–water partition coefficient (Wildman–Crippen LogP) is 2.66. The molecule has 2 aromatic heterocycles. The second kappa shape index (κ2) is 7.77. The molecule has 0 bridgehead atoms. The summed E-state index contributed by atoms with van der Waals surface area (Å²) in [5.74, 6) is 0.561. The fraction of sp³-hybridized carbons (Fsp3) is 0.263. The lowest BCUT2D eigenvalue weighted by molar-refractivity contribution is -0.116. The average molecular weight is 352 g/mol. The summed E-state index contributed by atoms with van der Waals surface area (Å²) in [5.41, 5.74) is 2.20. The van der Waals surface area contributed by atoms with E-state index in [1.807, 2.05) is 31.2 Å². The number of amides is 1. The monoisotopic (exact) mass is 352 g/mol. The molecule has 1 aromatic carbocycles. The molecule has 0 saturated carbocycles. The van der Waals surface area contributed by atoms with Crippen molar-refractivity contribution in [2.24, 2.45) is 0 Å². The van der Waals surface area contributed by atoms with Crippen molar-refractivity contribution >= 4 is 11.6 Å². The zero-order chi connectivity index (χ0) is 18.5. The van der Waals surface area contributed by atoms with Crippen LogP contribution in [0.15, 0.2) is 51.8 Å². The Morgan fingerprint density at radius 3 is 2.50 bits per heavy atom. The van der Waals surface area contributed by atoms with E-state index in [9.17, 15) is 9.59 Å². The van der Waals surface area contributed by atoms with Gasteiger partial charge in [0.05, 0.1) is 5.56 Å².